The fourth-order valence-electron chi connectivity index (χ4n) is 15.5. The molecule has 0 aromatic heterocycles. The van der Waals surface area contributed by atoms with Gasteiger partial charge in [0.2, 0.25) is 0 Å². The van der Waals surface area contributed by atoms with Gasteiger partial charge in [-0.1, -0.05) is 233 Å². The van der Waals surface area contributed by atoms with Crippen molar-refractivity contribution in [1.82, 2.24) is 0 Å². The summed E-state index contributed by atoms with van der Waals surface area (Å²) in [5.74, 6) is 0. The summed E-state index contributed by atoms with van der Waals surface area (Å²) in [6.07, 6.45) is 9.94. The van der Waals surface area contributed by atoms with Crippen LogP contribution in [0.15, 0.2) is 169 Å². The lowest BCUT2D eigenvalue weighted by Gasteiger charge is -2.24. The van der Waals surface area contributed by atoms with Gasteiger partial charge in [-0.25, -0.2) is 0 Å². The van der Waals surface area contributed by atoms with Crippen molar-refractivity contribution in [2.75, 3.05) is 0 Å². The summed E-state index contributed by atoms with van der Waals surface area (Å²) in [6.45, 7) is 59.8. The minimum absolute atomic E-state index is 1.04. The molecule has 5 aliphatic rings. The normalized spacial score (nSPS) is 12.0. The van der Waals surface area contributed by atoms with Crippen LogP contribution in [0.4, 0.5) is 5.69 Å². The SMILES string of the molecule is CC.CC.CC.CC.CC.CC1=Nc2c(C)c(C)c(C)c(C)c2C1.Cc1cc(C)c2c(c1C)Cc1ccccc1C2.Cc1ccc(C)c2c1Cc1ccccc1C2.Cc1ccc(C)c2ccccc12.Cc1cccc2c1Cc1c(C)ccc(C)c1C2.Cc1cccc2c1Cc1c(C)ccc(C)c1C2. The van der Waals surface area contributed by atoms with Gasteiger partial charge < -0.3 is 0 Å². The Balaban J connectivity index is 0.000000190. The molecule has 0 atom stereocenters. The van der Waals surface area contributed by atoms with E-state index in [0.717, 1.165) is 57.8 Å². The van der Waals surface area contributed by atoms with Crippen molar-refractivity contribution < 1.29 is 0 Å². The average Bonchev–Trinajstić information content (AvgIpc) is 1.17. The molecule has 16 rings (SSSR count). The Morgan fingerprint density at radius 2 is 0.456 bits per heavy atom. The van der Waals surface area contributed by atoms with Crippen LogP contribution in [0.1, 0.15) is 265 Å². The number of rotatable bonds is 0. The first kappa shape index (κ1) is 83.3. The predicted molar refractivity (Wildman–Crippen MR) is 458 cm³/mol. The van der Waals surface area contributed by atoms with Crippen LogP contribution < -0.4 is 0 Å². The van der Waals surface area contributed by atoms with Crippen LogP contribution in [0.3, 0.4) is 0 Å². The number of hydrogen-bond donors (Lipinski definition) is 0. The standard InChI is InChI=1S/3C17H18.C16H16.C13H17N.C12H12.5C2H6/c2*1-11-5-4-6-14-9-16-12(2)7-8-13(3)17(16)10-15(11)14;1-11-8-12(2)16-9-14-6-4-5-7-15(14)10-17(16)13(11)3;1-11-7-8-12(2)16-10-14-6-4-3-5-13(14)9-15(11)16;1-7-6-12-10(4)8(2)9(3)11(5)13(12)14-7;1-9-7-8-10(2)12-6-4-3-5-11(9)12;5*1-2/h3*4-8H,9-10H2,1-3H3;3-8H,9-10H2,1-2H3;6H2,1-5H3;3-8H,1-2H3;5*1-2H3. The number of aliphatic imine (C=N–C) groups is 1. The first-order chi connectivity index (χ1) is 49.6. The summed E-state index contributed by atoms with van der Waals surface area (Å²) in [7, 11) is 0. The minimum atomic E-state index is 1.04. The molecule has 0 spiro atoms. The molecule has 0 unspecified atom stereocenters. The second-order valence-corrected chi connectivity index (χ2v) is 28.0. The Morgan fingerprint density at radius 1 is 0.184 bits per heavy atom. The lowest BCUT2D eigenvalue weighted by atomic mass is 9.80. The molecule has 1 heterocycles. The second kappa shape index (κ2) is 39.3. The van der Waals surface area contributed by atoms with E-state index in [1.807, 2.05) is 69.2 Å². The van der Waals surface area contributed by atoms with Gasteiger partial charge in [0.1, 0.15) is 0 Å². The van der Waals surface area contributed by atoms with E-state index in [1.165, 1.54) is 156 Å². The van der Waals surface area contributed by atoms with E-state index < -0.39 is 0 Å². The van der Waals surface area contributed by atoms with Gasteiger partial charge in [0.25, 0.3) is 0 Å². The van der Waals surface area contributed by atoms with Crippen molar-refractivity contribution >= 4 is 22.2 Å². The van der Waals surface area contributed by atoms with E-state index in [4.69, 9.17) is 0 Å². The fourth-order valence-corrected chi connectivity index (χ4v) is 15.5. The molecule has 542 valence electrons. The van der Waals surface area contributed by atoms with Crippen molar-refractivity contribution in [3.05, 3.63) is 353 Å². The number of fused-ring (bicyclic) bond motifs is 10. The highest BCUT2D eigenvalue weighted by atomic mass is 14.8. The first-order valence-corrected chi connectivity index (χ1v) is 39.3. The van der Waals surface area contributed by atoms with Crippen LogP contribution in [0.25, 0.3) is 10.8 Å². The molecule has 4 aliphatic carbocycles. The number of nitrogens with zero attached hydrogens (tertiary/aromatic N) is 1. The first-order valence-electron chi connectivity index (χ1n) is 39.3. The maximum atomic E-state index is 4.63. The molecular formula is C102H129N. The molecule has 1 aliphatic heterocycles. The summed E-state index contributed by atoms with van der Waals surface area (Å²) < 4.78 is 0. The number of hydrogen-bond acceptors (Lipinski definition) is 1. The third-order valence-electron chi connectivity index (χ3n) is 22.1. The summed E-state index contributed by atoms with van der Waals surface area (Å²) in [5.41, 5.74) is 52.8. The van der Waals surface area contributed by atoms with Crippen molar-refractivity contribution in [2.45, 2.75) is 252 Å². The Kier molecular flexibility index (Phi) is 31.8. The molecule has 103 heavy (non-hydrogen) atoms. The van der Waals surface area contributed by atoms with Crippen LogP contribution in [0.2, 0.25) is 0 Å². The quantitative estimate of drug-likeness (QED) is 0.143. The molecule has 11 aromatic carbocycles. The third kappa shape index (κ3) is 19.4. The molecule has 0 amide bonds. The number of benzene rings is 11. The zero-order valence-corrected chi connectivity index (χ0v) is 69.4. The van der Waals surface area contributed by atoms with Gasteiger partial charge in [0.05, 0.1) is 5.69 Å². The second-order valence-electron chi connectivity index (χ2n) is 28.0. The van der Waals surface area contributed by atoms with Gasteiger partial charge in [-0.05, 0) is 376 Å². The van der Waals surface area contributed by atoms with Crippen LogP contribution in [0.5, 0.6) is 0 Å². The van der Waals surface area contributed by atoms with E-state index in [0.29, 0.717) is 0 Å². The maximum absolute atomic E-state index is 4.63. The van der Waals surface area contributed by atoms with Gasteiger partial charge in [-0.15, -0.1) is 0 Å². The van der Waals surface area contributed by atoms with Crippen LogP contribution >= 0.6 is 0 Å². The van der Waals surface area contributed by atoms with Crippen LogP contribution in [0, 0.1) is 118 Å². The third-order valence-corrected chi connectivity index (χ3v) is 22.1. The van der Waals surface area contributed by atoms with Crippen molar-refractivity contribution in [3.63, 3.8) is 0 Å². The molecular weight excluding hydrogens is 1240 g/mol. The molecule has 1 nitrogen and oxygen atoms in total. The molecule has 0 N–H and O–H groups in total. The zero-order valence-electron chi connectivity index (χ0n) is 69.4. The van der Waals surface area contributed by atoms with E-state index >= 15 is 0 Å². The van der Waals surface area contributed by atoms with Gasteiger partial charge in [-0.2, -0.15) is 0 Å². The monoisotopic (exact) mass is 1370 g/mol. The molecule has 0 fully saturated rings. The topological polar surface area (TPSA) is 12.4 Å². The molecule has 0 bridgehead atoms. The van der Waals surface area contributed by atoms with Gasteiger partial charge in [0.15, 0.2) is 0 Å². The fraction of sp³-hybridized carbons (Fsp3) is 0.363. The van der Waals surface area contributed by atoms with Crippen LogP contribution in [-0.2, 0) is 57.8 Å². The molecule has 11 aromatic rings. The minimum Gasteiger partial charge on any atom is -0.257 e. The predicted octanol–water partition coefficient (Wildman–Crippen LogP) is 28.3. The largest absolute Gasteiger partial charge is 0.257 e. The smallest absolute Gasteiger partial charge is 0.0699 e. The molecule has 0 saturated carbocycles. The van der Waals surface area contributed by atoms with Gasteiger partial charge in [0, 0.05) is 12.1 Å². The summed E-state index contributed by atoms with van der Waals surface area (Å²) in [4.78, 5) is 4.63. The highest BCUT2D eigenvalue weighted by molar-refractivity contribution is 5.94. The van der Waals surface area contributed by atoms with E-state index in [-0.39, 0.29) is 0 Å². The van der Waals surface area contributed by atoms with E-state index in [2.05, 4.69) is 293 Å². The van der Waals surface area contributed by atoms with Gasteiger partial charge >= 0.3 is 0 Å². The summed E-state index contributed by atoms with van der Waals surface area (Å²) >= 11 is 0. The van der Waals surface area contributed by atoms with Gasteiger partial charge in [-0.3, -0.25) is 4.99 Å². The van der Waals surface area contributed by atoms with Crippen molar-refractivity contribution in [3.8, 4) is 0 Å². The lowest BCUT2D eigenvalue weighted by molar-refractivity contribution is 0.959. The van der Waals surface area contributed by atoms with Crippen molar-refractivity contribution in [1.29, 1.82) is 0 Å². The molecule has 0 radical (unpaired) electrons. The maximum Gasteiger partial charge on any atom is 0.0699 e. The summed E-state index contributed by atoms with van der Waals surface area (Å²) in [6, 6.07) is 59.9. The molecule has 0 saturated heterocycles. The summed E-state index contributed by atoms with van der Waals surface area (Å²) in [5, 5.41) is 2.75. The molecule has 1 heteroatoms. The Labute approximate surface area is 627 Å². The highest BCUT2D eigenvalue weighted by Gasteiger charge is 2.24. The Hall–Kier alpha value is -8.65. The Bertz CT molecular complexity index is 4520. The zero-order chi connectivity index (χ0) is 76.1. The van der Waals surface area contributed by atoms with Crippen molar-refractivity contribution in [2.24, 2.45) is 4.99 Å². The highest BCUT2D eigenvalue weighted by Crippen LogP contribution is 2.39. The van der Waals surface area contributed by atoms with Crippen LogP contribution in [-0.4, -0.2) is 5.71 Å². The lowest BCUT2D eigenvalue weighted by Crippen LogP contribution is -2.11. The van der Waals surface area contributed by atoms with E-state index in [9.17, 15) is 0 Å². The Morgan fingerprint density at radius 3 is 0.816 bits per heavy atom. The van der Waals surface area contributed by atoms with E-state index in [1.54, 1.807) is 55.6 Å². The average molecular weight is 1370 g/mol. The number of aryl methyl sites for hydroxylation is 12.